The quantitative estimate of drug-likeness (QED) is 0.525. The third kappa shape index (κ3) is 1.26. The molecule has 0 heterocycles. The first-order valence-electron chi connectivity index (χ1n) is 5.85. The third-order valence-corrected chi connectivity index (χ3v) is 4.02. The van der Waals surface area contributed by atoms with Crippen LogP contribution in [0.3, 0.4) is 0 Å². The lowest BCUT2D eigenvalue weighted by molar-refractivity contribution is 0.212. The van der Waals surface area contributed by atoms with Crippen molar-refractivity contribution in [3.05, 3.63) is 24.0 Å². The molecule has 13 heavy (non-hydrogen) atoms. The molecule has 0 saturated heterocycles. The van der Waals surface area contributed by atoms with Crippen LogP contribution in [0.2, 0.25) is 0 Å². The molecule has 3 aliphatic rings. The van der Waals surface area contributed by atoms with Crippen LogP contribution in [-0.4, -0.2) is 0 Å². The van der Waals surface area contributed by atoms with Gasteiger partial charge in [0.25, 0.3) is 0 Å². The van der Waals surface area contributed by atoms with Crippen LogP contribution >= 0.6 is 0 Å². The van der Waals surface area contributed by atoms with Crippen LogP contribution in [-0.2, 0) is 0 Å². The van der Waals surface area contributed by atoms with Gasteiger partial charge in [-0.15, -0.1) is 0 Å². The van der Waals surface area contributed by atoms with Gasteiger partial charge in [-0.3, -0.25) is 0 Å². The third-order valence-electron chi connectivity index (χ3n) is 4.02. The predicted molar refractivity (Wildman–Crippen MR) is 54.9 cm³/mol. The van der Waals surface area contributed by atoms with Gasteiger partial charge in [-0.1, -0.05) is 24.0 Å². The zero-order valence-electron chi connectivity index (χ0n) is 8.26. The normalized spacial score (nSPS) is 38.8. The molecule has 0 nitrogen and oxygen atoms in total. The first kappa shape index (κ1) is 8.08. The molecule has 2 radical (unpaired) electrons. The molecule has 0 aromatic carbocycles. The molecule has 3 rings (SSSR count). The number of rotatable bonds is 0. The molecular formula is C13H18. The average Bonchev–Trinajstić information content (AvgIpc) is 2.20. The second-order valence-electron chi connectivity index (χ2n) is 4.81. The Morgan fingerprint density at radius 3 is 2.23 bits per heavy atom. The summed E-state index contributed by atoms with van der Waals surface area (Å²) < 4.78 is 0. The number of allylic oxidation sites excluding steroid dienone is 2. The monoisotopic (exact) mass is 174 g/mol. The molecule has 0 spiro atoms. The first-order valence-corrected chi connectivity index (χ1v) is 5.85. The maximum atomic E-state index is 2.49. The fourth-order valence-electron chi connectivity index (χ4n) is 3.35. The second-order valence-corrected chi connectivity index (χ2v) is 4.81. The van der Waals surface area contributed by atoms with E-state index >= 15 is 0 Å². The zero-order valence-corrected chi connectivity index (χ0v) is 8.26. The van der Waals surface area contributed by atoms with Crippen molar-refractivity contribution in [3.8, 4) is 0 Å². The van der Waals surface area contributed by atoms with Crippen LogP contribution in [0.4, 0.5) is 0 Å². The van der Waals surface area contributed by atoms with Crippen LogP contribution < -0.4 is 0 Å². The van der Waals surface area contributed by atoms with E-state index in [0.29, 0.717) is 0 Å². The highest BCUT2D eigenvalue weighted by atomic mass is 14.4. The number of hydrogen-bond acceptors (Lipinski definition) is 0. The Kier molecular flexibility index (Phi) is 1.96. The van der Waals surface area contributed by atoms with Crippen molar-refractivity contribution >= 4 is 0 Å². The Bertz CT molecular complexity index is 212. The van der Waals surface area contributed by atoms with Crippen molar-refractivity contribution in [2.45, 2.75) is 44.9 Å². The van der Waals surface area contributed by atoms with E-state index < -0.39 is 0 Å². The molecule has 0 N–H and O–H groups in total. The van der Waals surface area contributed by atoms with Gasteiger partial charge in [-0.05, 0) is 56.8 Å². The standard InChI is InChI=1S/C13H18/c1-2-5-10(6-3-1)13-11-7-4-8-12(13)9-11/h5-6,11-12H,1-4,7-9H2. The van der Waals surface area contributed by atoms with Gasteiger partial charge >= 0.3 is 0 Å². The van der Waals surface area contributed by atoms with Crippen molar-refractivity contribution in [3.63, 3.8) is 0 Å². The second kappa shape index (κ2) is 3.15. The highest BCUT2D eigenvalue weighted by molar-refractivity contribution is 5.38. The summed E-state index contributed by atoms with van der Waals surface area (Å²) in [6, 6.07) is 0. The summed E-state index contributed by atoms with van der Waals surface area (Å²) >= 11 is 0. The topological polar surface area (TPSA) is 0 Å². The molecule has 0 aliphatic heterocycles. The molecule has 2 atom stereocenters. The van der Waals surface area contributed by atoms with E-state index in [-0.39, 0.29) is 0 Å². The average molecular weight is 174 g/mol. The van der Waals surface area contributed by atoms with E-state index in [9.17, 15) is 0 Å². The molecular weight excluding hydrogens is 156 g/mol. The minimum Gasteiger partial charge on any atom is -0.0642 e. The van der Waals surface area contributed by atoms with Gasteiger partial charge in [0.1, 0.15) is 0 Å². The molecule has 3 fully saturated rings. The molecule has 3 aliphatic carbocycles. The van der Waals surface area contributed by atoms with Crippen LogP contribution in [0.15, 0.2) is 11.1 Å². The maximum Gasteiger partial charge on any atom is -0.0131 e. The molecule has 3 saturated carbocycles. The summed E-state index contributed by atoms with van der Waals surface area (Å²) in [5, 5.41) is 0. The van der Waals surface area contributed by atoms with Crippen LogP contribution in [0.25, 0.3) is 0 Å². The van der Waals surface area contributed by atoms with Crippen LogP contribution in [0.5, 0.6) is 0 Å². The molecule has 0 heteroatoms. The highest BCUT2D eigenvalue weighted by Gasteiger charge is 2.39. The molecule has 2 unspecified atom stereocenters. The van der Waals surface area contributed by atoms with Gasteiger partial charge in [0.05, 0.1) is 0 Å². The molecule has 0 aromatic heterocycles. The Morgan fingerprint density at radius 2 is 1.62 bits per heavy atom. The first-order chi connectivity index (χ1) is 6.45. The van der Waals surface area contributed by atoms with Crippen molar-refractivity contribution < 1.29 is 0 Å². The lowest BCUT2D eigenvalue weighted by atomic mass is 9.59. The molecule has 0 aromatic rings. The summed E-state index contributed by atoms with van der Waals surface area (Å²) in [7, 11) is 0. The van der Waals surface area contributed by atoms with Crippen molar-refractivity contribution in [2.75, 3.05) is 0 Å². The van der Waals surface area contributed by atoms with Gasteiger partial charge in [0, 0.05) is 0 Å². The van der Waals surface area contributed by atoms with Crippen LogP contribution in [0, 0.1) is 24.7 Å². The van der Waals surface area contributed by atoms with Gasteiger partial charge < -0.3 is 0 Å². The lowest BCUT2D eigenvalue weighted by Crippen LogP contribution is -2.34. The Labute approximate surface area is 81.4 Å². The highest BCUT2D eigenvalue weighted by Crippen LogP contribution is 2.52. The van der Waals surface area contributed by atoms with Crippen molar-refractivity contribution in [1.82, 2.24) is 0 Å². The van der Waals surface area contributed by atoms with E-state index in [1.54, 1.807) is 5.57 Å². The molecule has 0 amide bonds. The van der Waals surface area contributed by atoms with Gasteiger partial charge in [-0.2, -0.15) is 0 Å². The van der Waals surface area contributed by atoms with Gasteiger partial charge in [-0.25, -0.2) is 0 Å². The fourth-order valence-corrected chi connectivity index (χ4v) is 3.35. The van der Waals surface area contributed by atoms with Crippen molar-refractivity contribution in [1.29, 1.82) is 0 Å². The van der Waals surface area contributed by atoms with E-state index in [0.717, 1.165) is 11.8 Å². The zero-order chi connectivity index (χ0) is 8.67. The van der Waals surface area contributed by atoms with E-state index in [1.165, 1.54) is 44.9 Å². The molecule has 2 bridgehead atoms. The van der Waals surface area contributed by atoms with E-state index in [1.807, 2.05) is 5.57 Å². The molecule has 70 valence electrons. The summed E-state index contributed by atoms with van der Waals surface area (Å²) in [6.07, 6.45) is 15.0. The van der Waals surface area contributed by atoms with Gasteiger partial charge in [0.15, 0.2) is 0 Å². The van der Waals surface area contributed by atoms with E-state index in [4.69, 9.17) is 0 Å². The van der Waals surface area contributed by atoms with Crippen molar-refractivity contribution in [2.24, 2.45) is 11.8 Å². The largest absolute Gasteiger partial charge is 0.0642 e. The Hall–Kier alpha value is -0.260. The fraction of sp³-hybridized carbons (Fsp3) is 0.692. The predicted octanol–water partition coefficient (Wildman–Crippen LogP) is 3.70. The Morgan fingerprint density at radius 1 is 0.923 bits per heavy atom. The summed E-state index contributed by atoms with van der Waals surface area (Å²) in [4.78, 5) is 0. The smallest absolute Gasteiger partial charge is 0.0131 e. The minimum atomic E-state index is 0.999. The Balaban J connectivity index is 1.82. The summed E-state index contributed by atoms with van der Waals surface area (Å²) in [6.45, 7) is 0. The maximum absolute atomic E-state index is 2.49. The van der Waals surface area contributed by atoms with Crippen LogP contribution in [0.1, 0.15) is 44.9 Å². The minimum absolute atomic E-state index is 0.999. The van der Waals surface area contributed by atoms with Gasteiger partial charge in [0.2, 0.25) is 0 Å². The summed E-state index contributed by atoms with van der Waals surface area (Å²) in [5.74, 6) is 2.00. The summed E-state index contributed by atoms with van der Waals surface area (Å²) in [5.41, 5.74) is 3.51. The number of hydrogen-bond donors (Lipinski definition) is 0. The SMILES string of the molecule is [CH]1CCC[CH]C1=C1C2CCCC1C2. The lowest BCUT2D eigenvalue weighted by Gasteiger charge is -2.46. The van der Waals surface area contributed by atoms with E-state index in [2.05, 4.69) is 12.8 Å². The number of fused-ring (bicyclic) bond motifs is 2.